The average molecular weight is 402 g/mol. The lowest BCUT2D eigenvalue weighted by atomic mass is 10.3. The Morgan fingerprint density at radius 3 is 2.57 bits per heavy atom. The highest BCUT2D eigenvalue weighted by atomic mass is 32.2. The van der Waals surface area contributed by atoms with E-state index in [1.54, 1.807) is 38.8 Å². The Balaban J connectivity index is 2.21. The summed E-state index contributed by atoms with van der Waals surface area (Å²) in [6, 6.07) is 2.92. The molecule has 3 aromatic rings. The van der Waals surface area contributed by atoms with Crippen molar-refractivity contribution in [3.63, 3.8) is 0 Å². The van der Waals surface area contributed by atoms with Crippen molar-refractivity contribution in [1.29, 1.82) is 0 Å². The molecular formula is C18H22N6O3S. The molecule has 9 nitrogen and oxygen atoms in total. The summed E-state index contributed by atoms with van der Waals surface area (Å²) in [5.41, 5.74) is 2.76. The van der Waals surface area contributed by atoms with Crippen LogP contribution in [-0.4, -0.2) is 58.7 Å². The molecule has 1 N–H and O–H groups in total. The number of nitrogens with zero attached hydrogens (tertiary/aromatic N) is 5. The summed E-state index contributed by atoms with van der Waals surface area (Å²) in [5, 5.41) is 2.63. The lowest BCUT2D eigenvalue weighted by Crippen LogP contribution is -2.27. The monoisotopic (exact) mass is 402 g/mol. The predicted octanol–water partition coefficient (Wildman–Crippen LogP) is 2.23. The summed E-state index contributed by atoms with van der Waals surface area (Å²) in [5.74, 6) is 0.291. The number of urea groups is 1. The first kappa shape index (κ1) is 19.7. The lowest BCUT2D eigenvalue weighted by Gasteiger charge is -2.14. The molecule has 3 rings (SSSR count). The van der Waals surface area contributed by atoms with Crippen LogP contribution < -0.4 is 5.32 Å². The van der Waals surface area contributed by atoms with Gasteiger partial charge in [-0.25, -0.2) is 28.2 Å². The van der Waals surface area contributed by atoms with Crippen molar-refractivity contribution in [1.82, 2.24) is 24.4 Å². The molecule has 10 heteroatoms. The Hall–Kier alpha value is -3.01. The molecule has 0 radical (unpaired) electrons. The zero-order valence-electron chi connectivity index (χ0n) is 16.4. The van der Waals surface area contributed by atoms with Crippen molar-refractivity contribution in [2.45, 2.75) is 18.7 Å². The Morgan fingerprint density at radius 2 is 1.93 bits per heavy atom. The van der Waals surface area contributed by atoms with Crippen molar-refractivity contribution in [3.05, 3.63) is 30.1 Å². The van der Waals surface area contributed by atoms with Gasteiger partial charge in [0.15, 0.2) is 21.3 Å². The second kappa shape index (κ2) is 7.19. The van der Waals surface area contributed by atoms with Crippen molar-refractivity contribution in [2.75, 3.05) is 25.2 Å². The Labute approximate surface area is 163 Å². The molecule has 3 aromatic heterocycles. The van der Waals surface area contributed by atoms with E-state index < -0.39 is 9.84 Å². The first-order valence-corrected chi connectivity index (χ1v) is 10.3. The number of hydrogen-bond donors (Lipinski definition) is 1. The predicted molar refractivity (Wildman–Crippen MR) is 107 cm³/mol. The zero-order chi connectivity index (χ0) is 20.6. The number of sulfone groups is 1. The summed E-state index contributed by atoms with van der Waals surface area (Å²) in [6.07, 6.45) is 3.15. The Morgan fingerprint density at radius 1 is 1.21 bits per heavy atom. The van der Waals surface area contributed by atoms with Gasteiger partial charge < -0.3 is 14.8 Å². The standard InChI is InChI=1S/C18H22N6O3S/c1-6-28(26,27)14-8-12(21-18(25)23(3)4)10-19-15(14)17-22-13-7-11(2)9-20-16(13)24(17)5/h7-10H,6H2,1-5H3,(H,21,25). The highest BCUT2D eigenvalue weighted by Crippen LogP contribution is 2.29. The summed E-state index contributed by atoms with van der Waals surface area (Å²) >= 11 is 0. The molecule has 0 fully saturated rings. The number of carbonyl (C=O) groups is 1. The Bertz CT molecular complexity index is 1170. The van der Waals surface area contributed by atoms with Crippen molar-refractivity contribution in [3.8, 4) is 11.5 Å². The van der Waals surface area contributed by atoms with Crippen LogP contribution in [0.5, 0.6) is 0 Å². The number of carbonyl (C=O) groups excluding carboxylic acids is 1. The number of anilines is 1. The van der Waals surface area contributed by atoms with Crippen molar-refractivity contribution < 1.29 is 13.2 Å². The fourth-order valence-electron chi connectivity index (χ4n) is 2.70. The number of imidazole rings is 1. The van der Waals surface area contributed by atoms with Gasteiger partial charge in [0.2, 0.25) is 0 Å². The van der Waals surface area contributed by atoms with Crippen LogP contribution in [0.2, 0.25) is 0 Å². The van der Waals surface area contributed by atoms with E-state index in [4.69, 9.17) is 0 Å². The third-order valence-corrected chi connectivity index (χ3v) is 6.02. The molecule has 0 aliphatic heterocycles. The van der Waals surface area contributed by atoms with Crippen LogP contribution in [-0.2, 0) is 16.9 Å². The molecular weight excluding hydrogens is 380 g/mol. The van der Waals surface area contributed by atoms with Gasteiger partial charge >= 0.3 is 6.03 Å². The molecule has 0 aliphatic carbocycles. The van der Waals surface area contributed by atoms with Crippen LogP contribution in [0.25, 0.3) is 22.7 Å². The summed E-state index contributed by atoms with van der Waals surface area (Å²) in [4.78, 5) is 26.5. The van der Waals surface area contributed by atoms with E-state index in [1.807, 2.05) is 13.0 Å². The van der Waals surface area contributed by atoms with Crippen LogP contribution in [0, 0.1) is 6.92 Å². The molecule has 3 heterocycles. The van der Waals surface area contributed by atoms with Crippen LogP contribution in [0.15, 0.2) is 29.4 Å². The molecule has 0 bridgehead atoms. The SMILES string of the molecule is CCS(=O)(=O)c1cc(NC(=O)N(C)C)cnc1-c1nc2cc(C)cnc2n1C. The molecule has 0 spiro atoms. The van der Waals surface area contributed by atoms with Crippen molar-refractivity contribution >= 4 is 32.7 Å². The van der Waals surface area contributed by atoms with Crippen molar-refractivity contribution in [2.24, 2.45) is 7.05 Å². The molecule has 0 saturated carbocycles. The van der Waals surface area contributed by atoms with E-state index in [0.717, 1.165) is 5.56 Å². The van der Waals surface area contributed by atoms with Gasteiger partial charge in [-0.1, -0.05) is 6.92 Å². The van der Waals surface area contributed by atoms with E-state index in [-0.39, 0.29) is 22.4 Å². The second-order valence-corrected chi connectivity index (χ2v) is 8.90. The van der Waals surface area contributed by atoms with Gasteiger partial charge in [0.1, 0.15) is 11.2 Å². The minimum atomic E-state index is -3.62. The highest BCUT2D eigenvalue weighted by molar-refractivity contribution is 7.91. The minimum Gasteiger partial charge on any atom is -0.331 e. The number of rotatable bonds is 4. The summed E-state index contributed by atoms with van der Waals surface area (Å²) in [7, 11) is 1.33. The summed E-state index contributed by atoms with van der Waals surface area (Å²) < 4.78 is 27.2. The van der Waals surface area contributed by atoms with Gasteiger partial charge in [-0.2, -0.15) is 0 Å². The van der Waals surface area contributed by atoms with Gasteiger partial charge in [-0.3, -0.25) is 0 Å². The van der Waals surface area contributed by atoms with Gasteiger partial charge in [-0.05, 0) is 24.6 Å². The molecule has 0 aromatic carbocycles. The third kappa shape index (κ3) is 3.55. The fourth-order valence-corrected chi connectivity index (χ4v) is 3.75. The van der Waals surface area contributed by atoms with Crippen LogP contribution in [0.4, 0.5) is 10.5 Å². The smallest absolute Gasteiger partial charge is 0.321 e. The largest absolute Gasteiger partial charge is 0.331 e. The second-order valence-electron chi connectivity index (χ2n) is 6.65. The number of fused-ring (bicyclic) bond motifs is 1. The minimum absolute atomic E-state index is 0.0154. The quantitative estimate of drug-likeness (QED) is 0.716. The van der Waals surface area contributed by atoms with Crippen LogP contribution in [0.1, 0.15) is 12.5 Å². The number of hydrogen-bond acceptors (Lipinski definition) is 6. The maximum absolute atomic E-state index is 12.7. The average Bonchev–Trinajstić information content (AvgIpc) is 2.97. The highest BCUT2D eigenvalue weighted by Gasteiger charge is 2.24. The first-order chi connectivity index (χ1) is 13.1. The number of amides is 2. The number of aromatic nitrogens is 4. The zero-order valence-corrected chi connectivity index (χ0v) is 17.2. The fraction of sp³-hybridized carbons (Fsp3) is 0.333. The normalized spacial score (nSPS) is 11.6. The molecule has 148 valence electrons. The van der Waals surface area contributed by atoms with Crippen LogP contribution in [0.3, 0.4) is 0 Å². The molecule has 28 heavy (non-hydrogen) atoms. The maximum Gasteiger partial charge on any atom is 0.321 e. The van der Waals surface area contributed by atoms with E-state index in [2.05, 4.69) is 20.3 Å². The van der Waals surface area contributed by atoms with E-state index in [1.165, 1.54) is 17.2 Å². The van der Waals surface area contributed by atoms with Gasteiger partial charge in [0, 0.05) is 27.3 Å². The van der Waals surface area contributed by atoms with E-state index in [0.29, 0.717) is 22.7 Å². The molecule has 0 atom stereocenters. The molecule has 0 saturated heterocycles. The van der Waals surface area contributed by atoms with Gasteiger partial charge in [-0.15, -0.1) is 0 Å². The number of aryl methyl sites for hydroxylation is 2. The van der Waals surface area contributed by atoms with E-state index in [9.17, 15) is 13.2 Å². The molecule has 0 unspecified atom stereocenters. The lowest BCUT2D eigenvalue weighted by molar-refractivity contribution is 0.230. The number of pyridine rings is 2. The Kier molecular flexibility index (Phi) is 5.07. The van der Waals surface area contributed by atoms with Gasteiger partial charge in [0.05, 0.1) is 22.5 Å². The number of nitrogens with one attached hydrogen (secondary N) is 1. The molecule has 2 amide bonds. The first-order valence-electron chi connectivity index (χ1n) is 8.64. The third-order valence-electron chi connectivity index (χ3n) is 4.28. The maximum atomic E-state index is 12.7. The summed E-state index contributed by atoms with van der Waals surface area (Å²) in [6.45, 7) is 3.47. The topological polar surface area (TPSA) is 110 Å². The van der Waals surface area contributed by atoms with E-state index >= 15 is 0 Å². The molecule has 0 aliphatic rings. The van der Waals surface area contributed by atoms with Crippen LogP contribution >= 0.6 is 0 Å². The van der Waals surface area contributed by atoms with Gasteiger partial charge in [0.25, 0.3) is 0 Å².